The van der Waals surface area contributed by atoms with Crippen LogP contribution in [0, 0.1) is 13.8 Å². The second kappa shape index (κ2) is 5.21. The van der Waals surface area contributed by atoms with Crippen LogP contribution in [-0.4, -0.2) is 4.98 Å². The zero-order chi connectivity index (χ0) is 14.1. The summed E-state index contributed by atoms with van der Waals surface area (Å²) in [6.45, 7) is 4.22. The van der Waals surface area contributed by atoms with E-state index in [-0.39, 0.29) is 0 Å². The van der Waals surface area contributed by atoms with E-state index in [1.807, 2.05) is 18.2 Å². The van der Waals surface area contributed by atoms with Gasteiger partial charge in [0.2, 0.25) is 5.89 Å². The van der Waals surface area contributed by atoms with Crippen molar-refractivity contribution in [2.24, 2.45) is 0 Å². The predicted molar refractivity (Wildman–Crippen MR) is 83.9 cm³/mol. The molecule has 0 bridgehead atoms. The van der Waals surface area contributed by atoms with Gasteiger partial charge in [-0.05, 0) is 37.6 Å². The quantitative estimate of drug-likeness (QED) is 0.575. The molecule has 0 saturated carbocycles. The fourth-order valence-electron chi connectivity index (χ4n) is 2.08. The van der Waals surface area contributed by atoms with Crippen molar-refractivity contribution in [2.75, 3.05) is 5.73 Å². The number of benzene rings is 2. The van der Waals surface area contributed by atoms with Crippen molar-refractivity contribution in [2.45, 2.75) is 24.5 Å². The molecule has 3 nitrogen and oxygen atoms in total. The first kappa shape index (κ1) is 13.1. The molecule has 0 aliphatic heterocycles. The molecule has 0 spiro atoms. The van der Waals surface area contributed by atoms with Crippen molar-refractivity contribution < 1.29 is 4.42 Å². The SMILES string of the molecule is Cc1ccc(C)c(SCc2nc3c(N)cccc3o2)c1. The van der Waals surface area contributed by atoms with Gasteiger partial charge in [0.05, 0.1) is 11.4 Å². The Hall–Kier alpha value is -1.94. The van der Waals surface area contributed by atoms with Gasteiger partial charge in [0, 0.05) is 4.90 Å². The summed E-state index contributed by atoms with van der Waals surface area (Å²) >= 11 is 1.74. The topological polar surface area (TPSA) is 52.0 Å². The second-order valence-corrected chi connectivity index (χ2v) is 5.88. The molecule has 102 valence electrons. The molecule has 2 N–H and O–H groups in total. The molecular weight excluding hydrogens is 268 g/mol. The number of hydrogen-bond acceptors (Lipinski definition) is 4. The summed E-state index contributed by atoms with van der Waals surface area (Å²) in [5, 5.41) is 0. The van der Waals surface area contributed by atoms with Crippen LogP contribution < -0.4 is 5.73 Å². The monoisotopic (exact) mass is 284 g/mol. The van der Waals surface area contributed by atoms with E-state index in [1.54, 1.807) is 11.8 Å². The molecule has 0 atom stereocenters. The van der Waals surface area contributed by atoms with E-state index >= 15 is 0 Å². The highest BCUT2D eigenvalue weighted by Gasteiger charge is 2.09. The average Bonchev–Trinajstić information content (AvgIpc) is 2.84. The Morgan fingerprint density at radius 2 is 2.05 bits per heavy atom. The molecular formula is C16H16N2OS. The molecule has 0 unspecified atom stereocenters. The van der Waals surface area contributed by atoms with Crippen molar-refractivity contribution in [3.63, 3.8) is 0 Å². The van der Waals surface area contributed by atoms with Gasteiger partial charge in [-0.2, -0.15) is 0 Å². The van der Waals surface area contributed by atoms with Crippen LogP contribution in [0.3, 0.4) is 0 Å². The molecule has 20 heavy (non-hydrogen) atoms. The van der Waals surface area contributed by atoms with E-state index in [4.69, 9.17) is 10.2 Å². The number of oxazole rings is 1. The predicted octanol–water partition coefficient (Wildman–Crippen LogP) is 4.32. The number of aryl methyl sites for hydroxylation is 2. The van der Waals surface area contributed by atoms with E-state index < -0.39 is 0 Å². The van der Waals surface area contributed by atoms with Crippen LogP contribution in [-0.2, 0) is 5.75 Å². The summed E-state index contributed by atoms with van der Waals surface area (Å²) in [4.78, 5) is 5.73. The highest BCUT2D eigenvalue weighted by Crippen LogP contribution is 2.29. The summed E-state index contributed by atoms with van der Waals surface area (Å²) in [7, 11) is 0. The Kier molecular flexibility index (Phi) is 3.40. The summed E-state index contributed by atoms with van der Waals surface area (Å²) in [6.07, 6.45) is 0. The Morgan fingerprint density at radius 3 is 2.85 bits per heavy atom. The molecule has 0 fully saturated rings. The number of hydrogen-bond donors (Lipinski definition) is 1. The molecule has 3 rings (SSSR count). The number of rotatable bonds is 3. The van der Waals surface area contributed by atoms with E-state index in [2.05, 4.69) is 37.0 Å². The van der Waals surface area contributed by atoms with Crippen molar-refractivity contribution in [1.82, 2.24) is 4.98 Å². The van der Waals surface area contributed by atoms with Gasteiger partial charge < -0.3 is 10.2 Å². The molecule has 0 saturated heterocycles. The molecule has 0 radical (unpaired) electrons. The van der Waals surface area contributed by atoms with Gasteiger partial charge in [-0.3, -0.25) is 0 Å². The third-order valence-corrected chi connectivity index (χ3v) is 4.33. The van der Waals surface area contributed by atoms with Crippen LogP contribution in [0.4, 0.5) is 5.69 Å². The molecule has 2 aromatic carbocycles. The maximum Gasteiger partial charge on any atom is 0.205 e. The number of fused-ring (bicyclic) bond motifs is 1. The molecule has 0 aliphatic rings. The second-order valence-electron chi connectivity index (χ2n) is 4.86. The standard InChI is InChI=1S/C16H16N2OS/c1-10-6-7-11(2)14(8-10)20-9-15-18-16-12(17)4-3-5-13(16)19-15/h3-8H,9,17H2,1-2H3. The zero-order valence-corrected chi connectivity index (χ0v) is 12.3. The first-order valence-corrected chi connectivity index (χ1v) is 7.46. The number of anilines is 1. The first-order valence-electron chi connectivity index (χ1n) is 6.47. The van der Waals surface area contributed by atoms with Gasteiger partial charge >= 0.3 is 0 Å². The molecule has 3 aromatic rings. The summed E-state index contributed by atoms with van der Waals surface area (Å²) in [5.41, 5.74) is 10.6. The van der Waals surface area contributed by atoms with Gasteiger partial charge in [0.15, 0.2) is 5.58 Å². The van der Waals surface area contributed by atoms with Crippen molar-refractivity contribution in [3.05, 3.63) is 53.4 Å². The average molecular weight is 284 g/mol. The van der Waals surface area contributed by atoms with Crippen LogP contribution in [0.15, 0.2) is 45.7 Å². The van der Waals surface area contributed by atoms with Crippen LogP contribution in [0.2, 0.25) is 0 Å². The number of nitrogens with zero attached hydrogens (tertiary/aromatic N) is 1. The van der Waals surface area contributed by atoms with E-state index in [9.17, 15) is 0 Å². The molecule has 1 heterocycles. The molecule has 0 amide bonds. The van der Waals surface area contributed by atoms with E-state index in [1.165, 1.54) is 16.0 Å². The zero-order valence-electron chi connectivity index (χ0n) is 11.5. The number of para-hydroxylation sites is 1. The lowest BCUT2D eigenvalue weighted by Crippen LogP contribution is -1.86. The minimum Gasteiger partial charge on any atom is -0.440 e. The lowest BCUT2D eigenvalue weighted by molar-refractivity contribution is 0.556. The first-order chi connectivity index (χ1) is 9.63. The maximum atomic E-state index is 5.89. The Balaban J connectivity index is 1.83. The number of thioether (sulfide) groups is 1. The largest absolute Gasteiger partial charge is 0.440 e. The van der Waals surface area contributed by atoms with Gasteiger partial charge in [-0.25, -0.2) is 4.98 Å². The third-order valence-electron chi connectivity index (χ3n) is 3.19. The van der Waals surface area contributed by atoms with Gasteiger partial charge in [0.25, 0.3) is 0 Å². The minimum absolute atomic E-state index is 0.661. The Morgan fingerprint density at radius 1 is 1.20 bits per heavy atom. The summed E-state index contributed by atoms with van der Waals surface area (Å²) in [6, 6.07) is 12.1. The lowest BCUT2D eigenvalue weighted by atomic mass is 10.2. The van der Waals surface area contributed by atoms with Crippen LogP contribution in [0.5, 0.6) is 0 Å². The Labute approximate surface area is 122 Å². The molecule has 4 heteroatoms. The lowest BCUT2D eigenvalue weighted by Gasteiger charge is -2.04. The normalized spacial score (nSPS) is 11.1. The van der Waals surface area contributed by atoms with Gasteiger partial charge in [0.1, 0.15) is 5.52 Å². The fourth-order valence-corrected chi connectivity index (χ4v) is 3.05. The van der Waals surface area contributed by atoms with E-state index in [0.29, 0.717) is 17.3 Å². The van der Waals surface area contributed by atoms with E-state index in [0.717, 1.165) is 11.1 Å². The minimum atomic E-state index is 0.661. The van der Waals surface area contributed by atoms with Gasteiger partial charge in [-0.15, -0.1) is 11.8 Å². The van der Waals surface area contributed by atoms with Crippen molar-refractivity contribution in [1.29, 1.82) is 0 Å². The van der Waals surface area contributed by atoms with Crippen LogP contribution >= 0.6 is 11.8 Å². The Bertz CT molecular complexity index is 764. The van der Waals surface area contributed by atoms with Gasteiger partial charge in [-0.1, -0.05) is 23.8 Å². The highest BCUT2D eigenvalue weighted by atomic mass is 32.2. The van der Waals surface area contributed by atoms with Crippen LogP contribution in [0.1, 0.15) is 17.0 Å². The maximum absolute atomic E-state index is 5.89. The van der Waals surface area contributed by atoms with Crippen molar-refractivity contribution in [3.8, 4) is 0 Å². The molecule has 0 aliphatic carbocycles. The van der Waals surface area contributed by atoms with Crippen LogP contribution in [0.25, 0.3) is 11.1 Å². The summed E-state index contributed by atoms with van der Waals surface area (Å²) < 4.78 is 5.73. The summed E-state index contributed by atoms with van der Waals surface area (Å²) in [5.74, 6) is 1.42. The number of nitrogen functional groups attached to an aromatic ring is 1. The molecule has 1 aromatic heterocycles. The number of nitrogens with two attached hydrogens (primary N) is 1. The number of aromatic nitrogens is 1. The van der Waals surface area contributed by atoms with Crippen molar-refractivity contribution >= 4 is 28.5 Å². The fraction of sp³-hybridized carbons (Fsp3) is 0.188. The highest BCUT2D eigenvalue weighted by molar-refractivity contribution is 7.98. The smallest absolute Gasteiger partial charge is 0.205 e. The third kappa shape index (κ3) is 2.51.